The van der Waals surface area contributed by atoms with Crippen LogP contribution in [-0.2, 0) is 16.0 Å². The van der Waals surface area contributed by atoms with Crippen molar-refractivity contribution in [2.45, 2.75) is 19.8 Å². The summed E-state index contributed by atoms with van der Waals surface area (Å²) in [6.45, 7) is 2.51. The van der Waals surface area contributed by atoms with Gasteiger partial charge in [-0.15, -0.1) is 0 Å². The minimum absolute atomic E-state index is 0.0528. The van der Waals surface area contributed by atoms with Gasteiger partial charge in [0.1, 0.15) is 0 Å². The van der Waals surface area contributed by atoms with E-state index in [4.69, 9.17) is 11.6 Å². The van der Waals surface area contributed by atoms with Crippen molar-refractivity contribution in [3.63, 3.8) is 0 Å². The third kappa shape index (κ3) is 7.11. The molecule has 0 saturated heterocycles. The van der Waals surface area contributed by atoms with Gasteiger partial charge < -0.3 is 16.0 Å². The van der Waals surface area contributed by atoms with Crippen LogP contribution in [-0.4, -0.2) is 30.8 Å². The molecular weight excluding hydrogens is 366 g/mol. The monoisotopic (exact) mass is 387 g/mol. The van der Waals surface area contributed by atoms with Crippen molar-refractivity contribution in [1.82, 2.24) is 10.6 Å². The molecule has 2 aromatic rings. The summed E-state index contributed by atoms with van der Waals surface area (Å²) < 4.78 is 0. The summed E-state index contributed by atoms with van der Waals surface area (Å²) in [6, 6.07) is 13.7. The number of anilines is 1. The van der Waals surface area contributed by atoms with Crippen molar-refractivity contribution < 1.29 is 14.4 Å². The first-order valence-corrected chi connectivity index (χ1v) is 9.05. The molecule has 0 aliphatic rings. The van der Waals surface area contributed by atoms with Gasteiger partial charge in [-0.1, -0.05) is 30.7 Å². The average molecular weight is 388 g/mol. The quantitative estimate of drug-likeness (QED) is 0.608. The Morgan fingerprint density at radius 1 is 0.852 bits per heavy atom. The second-order valence-corrected chi connectivity index (χ2v) is 6.32. The number of benzene rings is 2. The van der Waals surface area contributed by atoms with E-state index in [1.165, 1.54) is 0 Å². The molecule has 6 nitrogen and oxygen atoms in total. The van der Waals surface area contributed by atoms with Crippen molar-refractivity contribution in [3.8, 4) is 0 Å². The van der Waals surface area contributed by atoms with Gasteiger partial charge in [0.05, 0.1) is 6.42 Å². The second kappa shape index (κ2) is 10.3. The number of halogens is 1. The Balaban J connectivity index is 1.79. The smallest absolute Gasteiger partial charge is 0.251 e. The Morgan fingerprint density at radius 3 is 2.11 bits per heavy atom. The van der Waals surface area contributed by atoms with Crippen LogP contribution in [0.25, 0.3) is 0 Å². The fourth-order valence-electron chi connectivity index (χ4n) is 2.30. The van der Waals surface area contributed by atoms with E-state index in [9.17, 15) is 14.4 Å². The lowest BCUT2D eigenvalue weighted by Crippen LogP contribution is -2.34. The summed E-state index contributed by atoms with van der Waals surface area (Å²) >= 11 is 5.83. The Hall–Kier alpha value is -2.86. The molecular formula is C20H22ClN3O3. The van der Waals surface area contributed by atoms with Gasteiger partial charge in [-0.2, -0.15) is 0 Å². The van der Waals surface area contributed by atoms with Crippen molar-refractivity contribution in [2.24, 2.45) is 0 Å². The van der Waals surface area contributed by atoms with Gasteiger partial charge in [0, 0.05) is 35.8 Å². The van der Waals surface area contributed by atoms with Crippen LogP contribution in [0, 0.1) is 0 Å². The number of carbonyl (C=O) groups excluding carboxylic acids is 3. The van der Waals surface area contributed by atoms with E-state index >= 15 is 0 Å². The van der Waals surface area contributed by atoms with Crippen LogP contribution in [0.3, 0.4) is 0 Å². The summed E-state index contributed by atoms with van der Waals surface area (Å²) in [5, 5.41) is 8.83. The van der Waals surface area contributed by atoms with Gasteiger partial charge in [0.15, 0.2) is 0 Å². The standard InChI is InChI=1S/C20H22ClN3O3/c1-2-18(25)22-11-12-23-20(27)15-5-9-17(10-6-15)24-19(26)13-14-3-7-16(21)8-4-14/h3-10H,2,11-13H2,1H3,(H,22,25)(H,23,27)(H,24,26). The maximum absolute atomic E-state index is 12.1. The van der Waals surface area contributed by atoms with Gasteiger partial charge in [-0.3, -0.25) is 14.4 Å². The van der Waals surface area contributed by atoms with Crippen LogP contribution in [0.15, 0.2) is 48.5 Å². The Labute approximate surface area is 163 Å². The van der Waals surface area contributed by atoms with Gasteiger partial charge in [-0.05, 0) is 42.0 Å². The molecule has 0 aliphatic carbocycles. The maximum atomic E-state index is 12.1. The fourth-order valence-corrected chi connectivity index (χ4v) is 2.43. The molecule has 0 atom stereocenters. The zero-order valence-corrected chi connectivity index (χ0v) is 15.8. The van der Waals surface area contributed by atoms with E-state index in [2.05, 4.69) is 16.0 Å². The van der Waals surface area contributed by atoms with Crippen LogP contribution in [0.5, 0.6) is 0 Å². The molecule has 0 saturated carbocycles. The SMILES string of the molecule is CCC(=O)NCCNC(=O)c1ccc(NC(=O)Cc2ccc(Cl)cc2)cc1. The van der Waals surface area contributed by atoms with Crippen LogP contribution in [0.4, 0.5) is 5.69 Å². The van der Waals surface area contributed by atoms with E-state index in [-0.39, 0.29) is 24.1 Å². The van der Waals surface area contributed by atoms with Gasteiger partial charge >= 0.3 is 0 Å². The molecule has 0 unspecified atom stereocenters. The summed E-state index contributed by atoms with van der Waals surface area (Å²) in [4.78, 5) is 35.2. The Kier molecular flexibility index (Phi) is 7.82. The number of amides is 3. The molecule has 0 spiro atoms. The minimum atomic E-state index is -0.236. The highest BCUT2D eigenvalue weighted by Crippen LogP contribution is 2.12. The third-order valence-corrected chi connectivity index (χ3v) is 4.01. The van der Waals surface area contributed by atoms with Crippen molar-refractivity contribution in [1.29, 1.82) is 0 Å². The second-order valence-electron chi connectivity index (χ2n) is 5.89. The first-order chi connectivity index (χ1) is 13.0. The first kappa shape index (κ1) is 20.5. The van der Waals surface area contributed by atoms with Gasteiger partial charge in [-0.25, -0.2) is 0 Å². The summed E-state index contributed by atoms with van der Waals surface area (Å²) in [5.74, 6) is -0.441. The van der Waals surface area contributed by atoms with Crippen molar-refractivity contribution in [3.05, 3.63) is 64.7 Å². The number of hydrogen-bond donors (Lipinski definition) is 3. The highest BCUT2D eigenvalue weighted by molar-refractivity contribution is 6.30. The third-order valence-electron chi connectivity index (χ3n) is 3.76. The molecule has 27 heavy (non-hydrogen) atoms. The molecule has 2 aromatic carbocycles. The molecule has 0 bridgehead atoms. The number of nitrogens with one attached hydrogen (secondary N) is 3. The lowest BCUT2D eigenvalue weighted by atomic mass is 10.1. The topological polar surface area (TPSA) is 87.3 Å². The van der Waals surface area contributed by atoms with E-state index in [1.54, 1.807) is 55.5 Å². The van der Waals surface area contributed by atoms with E-state index in [0.717, 1.165) is 5.56 Å². The van der Waals surface area contributed by atoms with Crippen molar-refractivity contribution in [2.75, 3.05) is 18.4 Å². The van der Waals surface area contributed by atoms with Crippen LogP contribution < -0.4 is 16.0 Å². The Morgan fingerprint density at radius 2 is 1.48 bits per heavy atom. The number of carbonyl (C=O) groups is 3. The van der Waals surface area contributed by atoms with E-state index in [1.807, 2.05) is 0 Å². The lowest BCUT2D eigenvalue weighted by Gasteiger charge is -2.08. The largest absolute Gasteiger partial charge is 0.354 e. The molecule has 3 amide bonds. The van der Waals surface area contributed by atoms with E-state index < -0.39 is 0 Å². The van der Waals surface area contributed by atoms with Crippen LogP contribution >= 0.6 is 11.6 Å². The van der Waals surface area contributed by atoms with Gasteiger partial charge in [0.2, 0.25) is 11.8 Å². The summed E-state index contributed by atoms with van der Waals surface area (Å²) in [5.41, 5.74) is 1.95. The number of hydrogen-bond acceptors (Lipinski definition) is 3. The summed E-state index contributed by atoms with van der Waals surface area (Å²) in [6.07, 6.45) is 0.655. The van der Waals surface area contributed by atoms with Crippen LogP contribution in [0.2, 0.25) is 5.02 Å². The molecule has 3 N–H and O–H groups in total. The molecule has 0 aromatic heterocycles. The molecule has 142 valence electrons. The van der Waals surface area contributed by atoms with Gasteiger partial charge in [0.25, 0.3) is 5.91 Å². The van der Waals surface area contributed by atoms with E-state index in [0.29, 0.717) is 35.8 Å². The molecule has 0 aliphatic heterocycles. The predicted molar refractivity (Wildman–Crippen MR) is 106 cm³/mol. The molecule has 0 heterocycles. The highest BCUT2D eigenvalue weighted by atomic mass is 35.5. The predicted octanol–water partition coefficient (Wildman–Crippen LogP) is 2.78. The average Bonchev–Trinajstić information content (AvgIpc) is 2.67. The molecule has 7 heteroatoms. The maximum Gasteiger partial charge on any atom is 0.251 e. The highest BCUT2D eigenvalue weighted by Gasteiger charge is 2.07. The molecule has 2 rings (SSSR count). The molecule has 0 fully saturated rings. The number of rotatable bonds is 8. The van der Waals surface area contributed by atoms with Crippen molar-refractivity contribution >= 4 is 35.0 Å². The lowest BCUT2D eigenvalue weighted by molar-refractivity contribution is -0.120. The Bertz CT molecular complexity index is 789. The normalized spacial score (nSPS) is 10.1. The van der Waals surface area contributed by atoms with Crippen LogP contribution in [0.1, 0.15) is 29.3 Å². The fraction of sp³-hybridized carbons (Fsp3) is 0.250. The zero-order chi connectivity index (χ0) is 19.6. The summed E-state index contributed by atoms with van der Waals surface area (Å²) in [7, 11) is 0. The minimum Gasteiger partial charge on any atom is -0.354 e. The zero-order valence-electron chi connectivity index (χ0n) is 15.0. The molecule has 0 radical (unpaired) electrons. The first-order valence-electron chi connectivity index (χ1n) is 8.67.